The molecule has 3 nitrogen and oxygen atoms in total. The molecule has 118 valence electrons. The van der Waals surface area contributed by atoms with Crippen LogP contribution in [0.1, 0.15) is 32.8 Å². The third-order valence-electron chi connectivity index (χ3n) is 4.14. The van der Waals surface area contributed by atoms with E-state index in [2.05, 4.69) is 36.7 Å². The Bertz CT molecular complexity index is 625. The molecule has 1 unspecified atom stereocenters. The molecule has 1 aromatic carbocycles. The predicted octanol–water partition coefficient (Wildman–Crippen LogP) is 4.24. The highest BCUT2D eigenvalue weighted by atomic mass is 79.9. The Balaban J connectivity index is 2.32. The van der Waals surface area contributed by atoms with E-state index in [4.69, 9.17) is 11.6 Å². The molecular weight excluding hydrogens is 374 g/mol. The van der Waals surface area contributed by atoms with E-state index in [0.717, 1.165) is 12.0 Å². The second-order valence-corrected chi connectivity index (χ2v) is 9.64. The average Bonchev–Trinajstić information content (AvgIpc) is 2.89. The fourth-order valence-electron chi connectivity index (χ4n) is 2.62. The topological polar surface area (TPSA) is 37.4 Å². The molecule has 0 bridgehead atoms. The molecule has 1 aliphatic heterocycles. The van der Waals surface area contributed by atoms with Crippen LogP contribution in [0, 0.1) is 11.3 Å². The Hall–Kier alpha value is -0.100. The third kappa shape index (κ3) is 3.63. The fraction of sp³-hybridized carbons (Fsp3) is 0.600. The molecule has 0 amide bonds. The van der Waals surface area contributed by atoms with E-state index in [1.165, 1.54) is 0 Å². The maximum Gasteiger partial charge on any atom is 0.244 e. The zero-order chi connectivity index (χ0) is 15.8. The molecule has 1 aliphatic rings. The molecule has 0 saturated carbocycles. The van der Waals surface area contributed by atoms with Gasteiger partial charge in [-0.15, -0.1) is 11.6 Å². The van der Waals surface area contributed by atoms with Gasteiger partial charge in [0, 0.05) is 23.4 Å². The van der Waals surface area contributed by atoms with Crippen molar-refractivity contribution in [2.24, 2.45) is 11.3 Å². The van der Waals surface area contributed by atoms with Crippen LogP contribution in [0.3, 0.4) is 0 Å². The Kier molecular flexibility index (Phi) is 5.08. The van der Waals surface area contributed by atoms with Gasteiger partial charge in [0.2, 0.25) is 10.0 Å². The molecule has 6 heteroatoms. The minimum absolute atomic E-state index is 0.124. The quantitative estimate of drug-likeness (QED) is 0.719. The molecule has 21 heavy (non-hydrogen) atoms. The van der Waals surface area contributed by atoms with Crippen LogP contribution in [0.25, 0.3) is 0 Å². The molecule has 1 heterocycles. The van der Waals surface area contributed by atoms with Gasteiger partial charge in [0.05, 0.1) is 4.90 Å². The summed E-state index contributed by atoms with van der Waals surface area (Å²) in [7, 11) is -3.47. The molecule has 1 atom stereocenters. The minimum atomic E-state index is -3.47. The summed E-state index contributed by atoms with van der Waals surface area (Å²) in [4.78, 5) is 0.315. The van der Waals surface area contributed by atoms with Crippen molar-refractivity contribution in [2.45, 2.75) is 38.0 Å². The van der Waals surface area contributed by atoms with Gasteiger partial charge < -0.3 is 0 Å². The standard InChI is InChI=1S/C15H21BrClNO2S/c1-15(2,3)12-6-7-18(10-12)21(19,20)14-8-11(9-17)4-5-13(14)16/h4-5,8,12H,6-7,9-10H2,1-3H3. The van der Waals surface area contributed by atoms with Gasteiger partial charge in [-0.1, -0.05) is 26.8 Å². The minimum Gasteiger partial charge on any atom is -0.207 e. The highest BCUT2D eigenvalue weighted by molar-refractivity contribution is 9.10. The van der Waals surface area contributed by atoms with Crippen LogP contribution in [-0.2, 0) is 15.9 Å². The summed E-state index contributed by atoms with van der Waals surface area (Å²) in [6, 6.07) is 5.25. The van der Waals surface area contributed by atoms with E-state index in [0.29, 0.717) is 34.3 Å². The summed E-state index contributed by atoms with van der Waals surface area (Å²) in [6.07, 6.45) is 0.912. The van der Waals surface area contributed by atoms with E-state index >= 15 is 0 Å². The van der Waals surface area contributed by atoms with Gasteiger partial charge in [-0.05, 0) is 51.4 Å². The summed E-state index contributed by atoms with van der Waals surface area (Å²) in [6.45, 7) is 7.67. The van der Waals surface area contributed by atoms with Crippen molar-refractivity contribution in [1.82, 2.24) is 4.31 Å². The SMILES string of the molecule is CC(C)(C)C1CCN(S(=O)(=O)c2cc(CCl)ccc2Br)C1. The van der Waals surface area contributed by atoms with Crippen molar-refractivity contribution in [1.29, 1.82) is 0 Å². The largest absolute Gasteiger partial charge is 0.244 e. The third-order valence-corrected chi connectivity index (χ3v) is 7.31. The monoisotopic (exact) mass is 393 g/mol. The lowest BCUT2D eigenvalue weighted by molar-refractivity contribution is 0.252. The van der Waals surface area contributed by atoms with Crippen LogP contribution in [-0.4, -0.2) is 25.8 Å². The fourth-order valence-corrected chi connectivity index (χ4v) is 5.26. The highest BCUT2D eigenvalue weighted by Gasteiger charge is 2.38. The summed E-state index contributed by atoms with van der Waals surface area (Å²) in [5, 5.41) is 0. The molecule has 0 N–H and O–H groups in total. The molecule has 0 radical (unpaired) electrons. The number of hydrogen-bond donors (Lipinski definition) is 0. The van der Waals surface area contributed by atoms with Gasteiger partial charge in [-0.25, -0.2) is 8.42 Å². The molecular formula is C15H21BrClNO2S. The average molecular weight is 395 g/mol. The maximum atomic E-state index is 12.8. The summed E-state index contributed by atoms with van der Waals surface area (Å²) < 4.78 is 27.9. The van der Waals surface area contributed by atoms with Crippen molar-refractivity contribution in [3.8, 4) is 0 Å². The number of halogens is 2. The van der Waals surface area contributed by atoms with Crippen molar-refractivity contribution < 1.29 is 8.42 Å². The van der Waals surface area contributed by atoms with Gasteiger partial charge >= 0.3 is 0 Å². The number of sulfonamides is 1. The normalized spacial score (nSPS) is 20.9. The predicted molar refractivity (Wildman–Crippen MR) is 90.0 cm³/mol. The molecule has 1 aromatic rings. The lowest BCUT2D eigenvalue weighted by Gasteiger charge is -2.27. The van der Waals surface area contributed by atoms with Crippen molar-refractivity contribution in [3.63, 3.8) is 0 Å². The van der Waals surface area contributed by atoms with Crippen LogP contribution in [0.5, 0.6) is 0 Å². The molecule has 1 fully saturated rings. The molecule has 1 saturated heterocycles. The molecule has 0 spiro atoms. The summed E-state index contributed by atoms with van der Waals surface area (Å²) >= 11 is 9.17. The smallest absolute Gasteiger partial charge is 0.207 e. The summed E-state index contributed by atoms with van der Waals surface area (Å²) in [5.41, 5.74) is 0.935. The van der Waals surface area contributed by atoms with Crippen LogP contribution < -0.4 is 0 Å². The second kappa shape index (κ2) is 6.19. The van der Waals surface area contributed by atoms with Gasteiger partial charge in [-0.2, -0.15) is 4.31 Å². The lowest BCUT2D eigenvalue weighted by atomic mass is 9.80. The van der Waals surface area contributed by atoms with Crippen LogP contribution >= 0.6 is 27.5 Å². The van der Waals surface area contributed by atoms with E-state index in [9.17, 15) is 8.42 Å². The van der Waals surface area contributed by atoms with E-state index in [1.54, 1.807) is 16.4 Å². The molecule has 2 rings (SSSR count). The van der Waals surface area contributed by atoms with Crippen LogP contribution in [0.2, 0.25) is 0 Å². The van der Waals surface area contributed by atoms with Crippen molar-refractivity contribution >= 4 is 37.6 Å². The Morgan fingerprint density at radius 3 is 2.57 bits per heavy atom. The second-order valence-electron chi connectivity index (χ2n) is 6.61. The highest BCUT2D eigenvalue weighted by Crippen LogP contribution is 2.37. The first-order chi connectivity index (χ1) is 9.66. The lowest BCUT2D eigenvalue weighted by Crippen LogP contribution is -2.31. The zero-order valence-corrected chi connectivity index (χ0v) is 15.7. The number of rotatable bonds is 3. The Morgan fingerprint density at radius 1 is 1.38 bits per heavy atom. The summed E-state index contributed by atoms with van der Waals surface area (Å²) in [5.74, 6) is 0.697. The Morgan fingerprint density at radius 2 is 2.05 bits per heavy atom. The van der Waals surface area contributed by atoms with E-state index in [-0.39, 0.29) is 5.41 Å². The van der Waals surface area contributed by atoms with Gasteiger partial charge in [0.1, 0.15) is 0 Å². The number of benzene rings is 1. The zero-order valence-electron chi connectivity index (χ0n) is 12.6. The van der Waals surface area contributed by atoms with Crippen molar-refractivity contribution in [2.75, 3.05) is 13.1 Å². The Labute approximate surface area is 140 Å². The van der Waals surface area contributed by atoms with E-state index < -0.39 is 10.0 Å². The first-order valence-electron chi connectivity index (χ1n) is 7.01. The van der Waals surface area contributed by atoms with Crippen LogP contribution in [0.15, 0.2) is 27.6 Å². The van der Waals surface area contributed by atoms with Gasteiger partial charge in [0.15, 0.2) is 0 Å². The first-order valence-corrected chi connectivity index (χ1v) is 9.77. The maximum absolute atomic E-state index is 12.8. The van der Waals surface area contributed by atoms with Gasteiger partial charge in [0.25, 0.3) is 0 Å². The number of hydrogen-bond acceptors (Lipinski definition) is 2. The number of alkyl halides is 1. The van der Waals surface area contributed by atoms with Crippen LogP contribution in [0.4, 0.5) is 0 Å². The van der Waals surface area contributed by atoms with Gasteiger partial charge in [-0.3, -0.25) is 0 Å². The van der Waals surface area contributed by atoms with E-state index in [1.807, 2.05) is 6.07 Å². The first kappa shape index (κ1) is 17.3. The molecule has 0 aliphatic carbocycles. The van der Waals surface area contributed by atoms with Crippen molar-refractivity contribution in [3.05, 3.63) is 28.2 Å². The number of nitrogens with zero attached hydrogens (tertiary/aromatic N) is 1. The molecule has 0 aromatic heterocycles.